The van der Waals surface area contributed by atoms with Crippen molar-refractivity contribution in [3.63, 3.8) is 0 Å². The Morgan fingerprint density at radius 2 is 1.58 bits per heavy atom. The molecule has 0 heterocycles. The van der Waals surface area contributed by atoms with Gasteiger partial charge in [0, 0.05) is 5.02 Å². The van der Waals surface area contributed by atoms with Crippen LogP contribution in [0, 0.1) is 26.6 Å². The topological polar surface area (TPSA) is 0 Å². The van der Waals surface area contributed by atoms with Gasteiger partial charge in [0.1, 0.15) is 5.82 Å². The molecular formula is C16H15BrClF. The van der Waals surface area contributed by atoms with E-state index in [0.29, 0.717) is 0 Å². The largest absolute Gasteiger partial charge is 0.207 e. The van der Waals surface area contributed by atoms with E-state index in [9.17, 15) is 4.39 Å². The summed E-state index contributed by atoms with van der Waals surface area (Å²) in [7, 11) is 0. The van der Waals surface area contributed by atoms with Crippen LogP contribution in [0.3, 0.4) is 0 Å². The maximum Gasteiger partial charge on any atom is 0.123 e. The molecule has 1 atom stereocenters. The van der Waals surface area contributed by atoms with Gasteiger partial charge in [0.05, 0.1) is 4.83 Å². The Balaban J connectivity index is 2.49. The summed E-state index contributed by atoms with van der Waals surface area (Å²) < 4.78 is 13.4. The van der Waals surface area contributed by atoms with E-state index < -0.39 is 0 Å². The predicted octanol–water partition coefficient (Wildman–Crippen LogP) is 5.89. The highest BCUT2D eigenvalue weighted by Gasteiger charge is 2.17. The fourth-order valence-corrected chi connectivity index (χ4v) is 3.45. The first-order valence-electron chi connectivity index (χ1n) is 6.07. The van der Waals surface area contributed by atoms with E-state index in [1.807, 2.05) is 39.0 Å². The van der Waals surface area contributed by atoms with Crippen molar-refractivity contribution in [3.8, 4) is 0 Å². The van der Waals surface area contributed by atoms with Crippen molar-refractivity contribution in [2.24, 2.45) is 0 Å². The molecule has 0 radical (unpaired) electrons. The van der Waals surface area contributed by atoms with E-state index in [0.717, 1.165) is 32.8 Å². The summed E-state index contributed by atoms with van der Waals surface area (Å²) in [5.74, 6) is -0.194. The monoisotopic (exact) mass is 340 g/mol. The average molecular weight is 342 g/mol. The molecule has 0 aliphatic rings. The van der Waals surface area contributed by atoms with Gasteiger partial charge in [-0.05, 0) is 66.8 Å². The summed E-state index contributed by atoms with van der Waals surface area (Å²) in [5, 5.41) is 0.749. The second-order valence-electron chi connectivity index (χ2n) is 4.82. The summed E-state index contributed by atoms with van der Waals surface area (Å²) in [6.45, 7) is 5.83. The Morgan fingerprint density at radius 3 is 2.11 bits per heavy atom. The molecular weight excluding hydrogens is 327 g/mol. The summed E-state index contributed by atoms with van der Waals surface area (Å²) >= 11 is 9.87. The van der Waals surface area contributed by atoms with Crippen LogP contribution in [0.2, 0.25) is 5.02 Å². The Labute approximate surface area is 126 Å². The molecule has 0 aliphatic carbocycles. The smallest absolute Gasteiger partial charge is 0.123 e. The van der Waals surface area contributed by atoms with Gasteiger partial charge in [-0.25, -0.2) is 4.39 Å². The van der Waals surface area contributed by atoms with E-state index >= 15 is 0 Å². The molecule has 0 N–H and O–H groups in total. The molecule has 0 bridgehead atoms. The number of halogens is 3. The van der Waals surface area contributed by atoms with Crippen molar-refractivity contribution < 1.29 is 4.39 Å². The van der Waals surface area contributed by atoms with Gasteiger partial charge in [0.15, 0.2) is 0 Å². The molecule has 0 amide bonds. The van der Waals surface area contributed by atoms with Crippen molar-refractivity contribution >= 4 is 27.5 Å². The zero-order valence-electron chi connectivity index (χ0n) is 11.1. The zero-order chi connectivity index (χ0) is 14.2. The summed E-state index contributed by atoms with van der Waals surface area (Å²) in [5.41, 5.74) is 5.11. The lowest BCUT2D eigenvalue weighted by Gasteiger charge is -2.17. The minimum atomic E-state index is -0.194. The number of rotatable bonds is 2. The highest BCUT2D eigenvalue weighted by atomic mass is 79.9. The summed E-state index contributed by atoms with van der Waals surface area (Å²) in [4.78, 5) is 0.0196. The van der Waals surface area contributed by atoms with Crippen molar-refractivity contribution in [1.82, 2.24) is 0 Å². The lowest BCUT2D eigenvalue weighted by Crippen LogP contribution is -2.00. The van der Waals surface area contributed by atoms with Crippen LogP contribution in [0.4, 0.5) is 4.39 Å². The van der Waals surface area contributed by atoms with Crippen LogP contribution in [0.25, 0.3) is 0 Å². The Kier molecular flexibility index (Phi) is 4.32. The molecule has 100 valence electrons. The predicted molar refractivity (Wildman–Crippen MR) is 82.8 cm³/mol. The Morgan fingerprint density at radius 1 is 1.00 bits per heavy atom. The van der Waals surface area contributed by atoms with Crippen LogP contribution in [-0.2, 0) is 0 Å². The van der Waals surface area contributed by atoms with Gasteiger partial charge < -0.3 is 0 Å². The van der Waals surface area contributed by atoms with Crippen molar-refractivity contribution in [1.29, 1.82) is 0 Å². The number of benzene rings is 2. The first kappa shape index (κ1) is 14.5. The minimum Gasteiger partial charge on any atom is -0.207 e. The molecule has 3 heteroatoms. The Bertz CT molecular complexity index is 599. The van der Waals surface area contributed by atoms with Gasteiger partial charge in [-0.2, -0.15) is 0 Å². The van der Waals surface area contributed by atoms with E-state index in [4.69, 9.17) is 11.6 Å². The highest BCUT2D eigenvalue weighted by molar-refractivity contribution is 9.09. The van der Waals surface area contributed by atoms with Crippen LogP contribution >= 0.6 is 27.5 Å². The molecule has 0 saturated carbocycles. The summed E-state index contributed by atoms with van der Waals surface area (Å²) in [6, 6.07) is 9.13. The van der Waals surface area contributed by atoms with Crippen molar-refractivity contribution in [2.75, 3.05) is 0 Å². The van der Waals surface area contributed by atoms with Gasteiger partial charge in [-0.15, -0.1) is 0 Å². The van der Waals surface area contributed by atoms with Gasteiger partial charge in [-0.3, -0.25) is 0 Å². The number of alkyl halides is 1. The third-order valence-electron chi connectivity index (χ3n) is 3.30. The average Bonchev–Trinajstić information content (AvgIpc) is 2.31. The first-order valence-corrected chi connectivity index (χ1v) is 7.36. The van der Waals surface area contributed by atoms with Crippen molar-refractivity contribution in [3.05, 3.63) is 69.0 Å². The van der Waals surface area contributed by atoms with Crippen LogP contribution in [0.5, 0.6) is 0 Å². The highest BCUT2D eigenvalue weighted by Crippen LogP contribution is 2.36. The van der Waals surface area contributed by atoms with Crippen LogP contribution in [-0.4, -0.2) is 0 Å². The molecule has 19 heavy (non-hydrogen) atoms. The molecule has 0 fully saturated rings. The first-order chi connectivity index (χ1) is 8.90. The molecule has 2 rings (SSSR count). The quantitative estimate of drug-likeness (QED) is 0.598. The lowest BCUT2D eigenvalue weighted by atomic mass is 9.95. The van der Waals surface area contributed by atoms with Crippen LogP contribution < -0.4 is 0 Å². The van der Waals surface area contributed by atoms with Crippen LogP contribution in [0.15, 0.2) is 30.3 Å². The maximum atomic E-state index is 13.4. The van der Waals surface area contributed by atoms with Gasteiger partial charge >= 0.3 is 0 Å². The molecule has 2 aromatic carbocycles. The molecule has 2 aromatic rings. The third-order valence-corrected chi connectivity index (χ3v) is 4.69. The number of hydrogen-bond donors (Lipinski definition) is 0. The molecule has 0 nitrogen and oxygen atoms in total. The normalized spacial score (nSPS) is 12.5. The van der Waals surface area contributed by atoms with E-state index in [1.165, 1.54) is 0 Å². The van der Waals surface area contributed by atoms with Gasteiger partial charge in [-0.1, -0.05) is 39.7 Å². The minimum absolute atomic E-state index is 0.0196. The lowest BCUT2D eigenvalue weighted by molar-refractivity contribution is 0.624. The SMILES string of the molecule is Cc1ccc(C(Br)c2c(C)cc(F)cc2C)cc1Cl. The molecule has 0 aromatic heterocycles. The molecule has 0 saturated heterocycles. The summed E-state index contributed by atoms with van der Waals surface area (Å²) in [6.07, 6.45) is 0. The van der Waals surface area contributed by atoms with Gasteiger partial charge in [0.25, 0.3) is 0 Å². The van der Waals surface area contributed by atoms with E-state index in [1.54, 1.807) is 12.1 Å². The molecule has 1 unspecified atom stereocenters. The van der Waals surface area contributed by atoms with Crippen LogP contribution in [0.1, 0.15) is 32.6 Å². The van der Waals surface area contributed by atoms with E-state index in [-0.39, 0.29) is 10.6 Å². The standard InChI is InChI=1S/C16H15BrClF/c1-9-4-5-12(8-14(9)18)16(17)15-10(2)6-13(19)7-11(15)3/h4-8,16H,1-3H3. The molecule has 0 spiro atoms. The maximum absolute atomic E-state index is 13.4. The zero-order valence-corrected chi connectivity index (χ0v) is 13.4. The van der Waals surface area contributed by atoms with Crippen molar-refractivity contribution in [2.45, 2.75) is 25.6 Å². The Hall–Kier alpha value is -0.860. The number of aryl methyl sites for hydroxylation is 3. The van der Waals surface area contributed by atoms with Gasteiger partial charge in [0.2, 0.25) is 0 Å². The third kappa shape index (κ3) is 3.01. The fourth-order valence-electron chi connectivity index (χ4n) is 2.26. The molecule has 0 aliphatic heterocycles. The van der Waals surface area contributed by atoms with E-state index in [2.05, 4.69) is 15.9 Å². The number of hydrogen-bond acceptors (Lipinski definition) is 0. The second-order valence-corrected chi connectivity index (χ2v) is 6.15. The second kappa shape index (κ2) is 5.64. The fraction of sp³-hybridized carbons (Fsp3) is 0.250.